The van der Waals surface area contributed by atoms with Gasteiger partial charge in [0.2, 0.25) is 0 Å². The van der Waals surface area contributed by atoms with Crippen molar-refractivity contribution in [1.29, 1.82) is 0 Å². The molecule has 2 aromatic rings. The smallest absolute Gasteiger partial charge is 0.119 e. The predicted molar refractivity (Wildman–Crippen MR) is 96.1 cm³/mol. The Labute approximate surface area is 140 Å². The Morgan fingerprint density at radius 3 is 2.70 bits per heavy atom. The first-order valence-corrected chi connectivity index (χ1v) is 8.72. The van der Waals surface area contributed by atoms with E-state index in [9.17, 15) is 0 Å². The summed E-state index contributed by atoms with van der Waals surface area (Å²) in [7, 11) is 1.72. The summed E-state index contributed by atoms with van der Waals surface area (Å²) in [5, 5.41) is 0. The molecule has 1 unspecified atom stereocenters. The summed E-state index contributed by atoms with van der Waals surface area (Å²) in [6.45, 7) is 11.3. The van der Waals surface area contributed by atoms with E-state index in [1.807, 2.05) is 6.07 Å². The minimum absolute atomic E-state index is 0.778. The monoisotopic (exact) mass is 315 g/mol. The molecule has 126 valence electrons. The average molecular weight is 315 g/mol. The minimum atomic E-state index is 0.778. The summed E-state index contributed by atoms with van der Waals surface area (Å²) in [5.74, 6) is 1.70. The van der Waals surface area contributed by atoms with Crippen molar-refractivity contribution in [2.75, 3.05) is 20.2 Å². The maximum atomic E-state index is 5.33. The Hall–Kier alpha value is -1.74. The molecule has 1 heterocycles. The molecule has 3 heteroatoms. The largest absolute Gasteiger partial charge is 0.497 e. The van der Waals surface area contributed by atoms with Crippen LogP contribution in [0.15, 0.2) is 42.6 Å². The summed E-state index contributed by atoms with van der Waals surface area (Å²) in [5.41, 5.74) is 2.69. The van der Waals surface area contributed by atoms with Crippen molar-refractivity contribution in [3.63, 3.8) is 0 Å². The number of ether oxygens (including phenoxy) is 1. The van der Waals surface area contributed by atoms with Crippen LogP contribution in [-0.4, -0.2) is 24.8 Å². The van der Waals surface area contributed by atoms with E-state index in [4.69, 9.17) is 4.74 Å². The number of aromatic nitrogens is 1. The van der Waals surface area contributed by atoms with Crippen LogP contribution in [0.2, 0.25) is 0 Å². The molecule has 0 fully saturated rings. The molecule has 0 radical (unpaired) electrons. The fourth-order valence-corrected chi connectivity index (χ4v) is 2.87. The molecule has 0 spiro atoms. The molecule has 1 aromatic heterocycles. The van der Waals surface area contributed by atoms with E-state index in [0.717, 1.165) is 24.8 Å². The highest BCUT2D eigenvalue weighted by Crippen LogP contribution is 2.14. The molecule has 1 N–H and O–H groups in total. The number of methoxy groups -OCH3 is 1. The molecule has 0 bridgehead atoms. The molecule has 1 aromatic carbocycles. The van der Waals surface area contributed by atoms with Gasteiger partial charge in [0, 0.05) is 12.7 Å². The number of nitrogens with zero attached hydrogens (tertiary/aromatic N) is 1. The van der Waals surface area contributed by atoms with Gasteiger partial charge in [-0.3, -0.25) is 0 Å². The van der Waals surface area contributed by atoms with E-state index in [2.05, 4.69) is 61.9 Å². The quantitative estimate of drug-likeness (QED) is 0.753. The topological polar surface area (TPSA) is 18.6 Å². The lowest BCUT2D eigenvalue weighted by atomic mass is 10.1. The lowest BCUT2D eigenvalue weighted by Crippen LogP contribution is -3.10. The molecule has 2 rings (SSSR count). The van der Waals surface area contributed by atoms with Gasteiger partial charge in [-0.25, -0.2) is 0 Å². The Balaban J connectivity index is 2.03. The zero-order chi connectivity index (χ0) is 16.7. The van der Waals surface area contributed by atoms with Crippen LogP contribution in [-0.2, 0) is 13.1 Å². The van der Waals surface area contributed by atoms with Crippen LogP contribution in [0.4, 0.5) is 0 Å². The zero-order valence-corrected chi connectivity index (χ0v) is 15.0. The molecular weight excluding hydrogens is 284 g/mol. The summed E-state index contributed by atoms with van der Waals surface area (Å²) in [4.78, 5) is 1.66. The van der Waals surface area contributed by atoms with Gasteiger partial charge in [-0.1, -0.05) is 26.0 Å². The first-order valence-electron chi connectivity index (χ1n) is 8.72. The van der Waals surface area contributed by atoms with Gasteiger partial charge >= 0.3 is 0 Å². The predicted octanol–water partition coefficient (Wildman–Crippen LogP) is 3.00. The Morgan fingerprint density at radius 1 is 1.17 bits per heavy atom. The Kier molecular flexibility index (Phi) is 6.72. The fourth-order valence-electron chi connectivity index (χ4n) is 2.87. The summed E-state index contributed by atoms with van der Waals surface area (Å²) in [6.07, 6.45) is 3.48. The molecule has 1 atom stereocenters. The molecular formula is C20H31N2O+. The molecule has 0 saturated carbocycles. The van der Waals surface area contributed by atoms with E-state index in [0.29, 0.717) is 0 Å². The van der Waals surface area contributed by atoms with Crippen LogP contribution in [0, 0.1) is 5.92 Å². The second-order valence-electron chi connectivity index (χ2n) is 6.69. The van der Waals surface area contributed by atoms with Gasteiger partial charge in [-0.15, -0.1) is 0 Å². The number of nitrogens with one attached hydrogen (secondary N) is 1. The molecule has 0 aliphatic heterocycles. The molecule has 3 nitrogen and oxygen atoms in total. The van der Waals surface area contributed by atoms with Gasteiger partial charge in [-0.05, 0) is 49.1 Å². The van der Waals surface area contributed by atoms with Crippen molar-refractivity contribution in [2.24, 2.45) is 5.92 Å². The Bertz CT molecular complexity index is 589. The third-order valence-electron chi connectivity index (χ3n) is 4.42. The molecule has 23 heavy (non-hydrogen) atoms. The van der Waals surface area contributed by atoms with E-state index >= 15 is 0 Å². The van der Waals surface area contributed by atoms with Gasteiger partial charge in [0.25, 0.3) is 0 Å². The first kappa shape index (κ1) is 17.6. The van der Waals surface area contributed by atoms with Gasteiger partial charge in [0.05, 0.1) is 25.9 Å². The normalized spacial score (nSPS) is 12.6. The van der Waals surface area contributed by atoms with Crippen LogP contribution >= 0.6 is 0 Å². The van der Waals surface area contributed by atoms with Crippen molar-refractivity contribution in [1.82, 2.24) is 4.57 Å². The molecule has 0 saturated heterocycles. The van der Waals surface area contributed by atoms with Crippen LogP contribution in [0.5, 0.6) is 5.75 Å². The second-order valence-corrected chi connectivity index (χ2v) is 6.69. The van der Waals surface area contributed by atoms with Gasteiger partial charge < -0.3 is 14.2 Å². The number of benzene rings is 1. The summed E-state index contributed by atoms with van der Waals surface area (Å²) < 4.78 is 7.69. The maximum absolute atomic E-state index is 5.33. The summed E-state index contributed by atoms with van der Waals surface area (Å²) in [6, 6.07) is 12.7. The highest BCUT2D eigenvalue weighted by molar-refractivity contribution is 5.29. The van der Waals surface area contributed by atoms with Crippen LogP contribution < -0.4 is 9.64 Å². The molecule has 0 aliphatic carbocycles. The van der Waals surface area contributed by atoms with Crippen LogP contribution in [0.25, 0.3) is 0 Å². The van der Waals surface area contributed by atoms with E-state index < -0.39 is 0 Å². The highest BCUT2D eigenvalue weighted by atomic mass is 16.5. The minimum Gasteiger partial charge on any atom is -0.497 e. The van der Waals surface area contributed by atoms with Gasteiger partial charge in [0.1, 0.15) is 12.3 Å². The standard InChI is InChI=1S/C20H30N2O/c1-5-21(13-11-17(2)3)16-19-9-7-12-22(19)15-18-8-6-10-20(14-18)23-4/h6-10,12,14,17H,5,11,13,15-16H2,1-4H3/p+1. The third-order valence-corrected chi connectivity index (χ3v) is 4.42. The van der Waals surface area contributed by atoms with Gasteiger partial charge in [0.15, 0.2) is 0 Å². The first-order chi connectivity index (χ1) is 11.1. The molecule has 0 aliphatic rings. The van der Waals surface area contributed by atoms with E-state index in [1.165, 1.54) is 30.8 Å². The number of quaternary nitrogens is 1. The average Bonchev–Trinajstić information content (AvgIpc) is 2.98. The van der Waals surface area contributed by atoms with Crippen LogP contribution in [0.1, 0.15) is 38.4 Å². The second kappa shape index (κ2) is 8.78. The number of hydrogen-bond acceptors (Lipinski definition) is 1. The number of hydrogen-bond donors (Lipinski definition) is 1. The Morgan fingerprint density at radius 2 is 2.00 bits per heavy atom. The molecule has 0 amide bonds. The van der Waals surface area contributed by atoms with Crippen molar-refractivity contribution in [2.45, 2.75) is 40.3 Å². The van der Waals surface area contributed by atoms with Crippen molar-refractivity contribution >= 4 is 0 Å². The lowest BCUT2D eigenvalue weighted by Gasteiger charge is -2.20. The van der Waals surface area contributed by atoms with Crippen LogP contribution in [0.3, 0.4) is 0 Å². The van der Waals surface area contributed by atoms with Gasteiger partial charge in [-0.2, -0.15) is 0 Å². The number of rotatable bonds is 9. The van der Waals surface area contributed by atoms with Crippen molar-refractivity contribution < 1.29 is 9.64 Å². The third kappa shape index (κ3) is 5.43. The fraction of sp³-hybridized carbons (Fsp3) is 0.500. The van der Waals surface area contributed by atoms with E-state index in [1.54, 1.807) is 12.0 Å². The van der Waals surface area contributed by atoms with Crippen molar-refractivity contribution in [3.05, 3.63) is 53.9 Å². The van der Waals surface area contributed by atoms with E-state index in [-0.39, 0.29) is 0 Å². The lowest BCUT2D eigenvalue weighted by molar-refractivity contribution is -0.913. The SMILES string of the molecule is CC[NH+](CCC(C)C)Cc1cccn1Cc1cccc(OC)c1. The summed E-state index contributed by atoms with van der Waals surface area (Å²) >= 11 is 0. The van der Waals surface area contributed by atoms with Crippen molar-refractivity contribution in [3.8, 4) is 5.75 Å². The highest BCUT2D eigenvalue weighted by Gasteiger charge is 2.11. The maximum Gasteiger partial charge on any atom is 0.119 e. The zero-order valence-electron chi connectivity index (χ0n) is 15.0.